The lowest BCUT2D eigenvalue weighted by molar-refractivity contribution is -0.119. The number of nitrogens with zero attached hydrogens (tertiary/aromatic N) is 2. The smallest absolute Gasteiger partial charge is 0.278 e. The minimum absolute atomic E-state index is 0.0249. The van der Waals surface area contributed by atoms with Gasteiger partial charge >= 0.3 is 0 Å². The van der Waals surface area contributed by atoms with E-state index in [1.807, 2.05) is 40.7 Å². The number of H-pyrrole nitrogens is 1. The van der Waals surface area contributed by atoms with Gasteiger partial charge in [0.1, 0.15) is 5.52 Å². The average Bonchev–Trinajstić information content (AvgIpc) is 2.85. The SMILES string of the molecule is CCC(C)NC(=O)CSc1nc2cc(C)[nH]c2c(=O)n1C(C)C. The van der Waals surface area contributed by atoms with Gasteiger partial charge < -0.3 is 10.3 Å². The molecule has 2 heterocycles. The Morgan fingerprint density at radius 1 is 1.43 bits per heavy atom. The van der Waals surface area contributed by atoms with Crippen LogP contribution in [0, 0.1) is 6.92 Å². The molecular formula is C16H24N4O2S. The van der Waals surface area contributed by atoms with Crippen LogP contribution in [0.1, 0.15) is 45.9 Å². The molecule has 0 saturated heterocycles. The Kier molecular flexibility index (Phi) is 5.51. The second-order valence-electron chi connectivity index (χ2n) is 6.04. The molecular weight excluding hydrogens is 312 g/mol. The number of aromatic nitrogens is 3. The third-order valence-electron chi connectivity index (χ3n) is 3.65. The summed E-state index contributed by atoms with van der Waals surface area (Å²) in [7, 11) is 0. The number of hydrogen-bond acceptors (Lipinski definition) is 4. The van der Waals surface area contributed by atoms with E-state index >= 15 is 0 Å². The van der Waals surface area contributed by atoms with Crippen LogP contribution in [0.4, 0.5) is 0 Å². The molecule has 2 rings (SSSR count). The second-order valence-corrected chi connectivity index (χ2v) is 6.98. The Hall–Kier alpha value is -1.76. The van der Waals surface area contributed by atoms with Crippen LogP contribution in [0.3, 0.4) is 0 Å². The maximum absolute atomic E-state index is 12.7. The maximum Gasteiger partial charge on any atom is 0.278 e. The van der Waals surface area contributed by atoms with Gasteiger partial charge in [-0.25, -0.2) is 4.98 Å². The molecule has 0 aliphatic carbocycles. The Balaban J connectivity index is 2.30. The van der Waals surface area contributed by atoms with Crippen LogP contribution in [0.15, 0.2) is 16.0 Å². The number of aromatic amines is 1. The van der Waals surface area contributed by atoms with Gasteiger partial charge in [-0.3, -0.25) is 14.2 Å². The summed E-state index contributed by atoms with van der Waals surface area (Å²) in [4.78, 5) is 32.2. The highest BCUT2D eigenvalue weighted by atomic mass is 32.2. The van der Waals surface area contributed by atoms with Crippen LogP contribution < -0.4 is 10.9 Å². The highest BCUT2D eigenvalue weighted by Gasteiger charge is 2.17. The topological polar surface area (TPSA) is 79.8 Å². The van der Waals surface area contributed by atoms with E-state index in [1.54, 1.807) is 4.57 Å². The van der Waals surface area contributed by atoms with Crippen LogP contribution >= 0.6 is 11.8 Å². The van der Waals surface area contributed by atoms with E-state index in [2.05, 4.69) is 15.3 Å². The summed E-state index contributed by atoms with van der Waals surface area (Å²) in [6.07, 6.45) is 0.889. The van der Waals surface area contributed by atoms with Crippen molar-refractivity contribution in [2.45, 2.75) is 58.3 Å². The summed E-state index contributed by atoms with van der Waals surface area (Å²) in [5, 5.41) is 3.50. The maximum atomic E-state index is 12.7. The van der Waals surface area contributed by atoms with Gasteiger partial charge in [0.25, 0.3) is 5.56 Å². The molecule has 0 bridgehead atoms. The molecule has 6 nitrogen and oxygen atoms in total. The van der Waals surface area contributed by atoms with Crippen molar-refractivity contribution in [2.75, 3.05) is 5.75 Å². The molecule has 0 saturated carbocycles. The number of fused-ring (bicyclic) bond motifs is 1. The van der Waals surface area contributed by atoms with Gasteiger partial charge in [0.2, 0.25) is 5.91 Å². The number of thioether (sulfide) groups is 1. The van der Waals surface area contributed by atoms with E-state index in [-0.39, 0.29) is 29.3 Å². The number of aryl methyl sites for hydroxylation is 1. The van der Waals surface area contributed by atoms with Gasteiger partial charge in [-0.05, 0) is 40.2 Å². The molecule has 0 aliphatic rings. The number of carbonyl (C=O) groups excluding carboxylic acids is 1. The molecule has 0 aromatic carbocycles. The lowest BCUT2D eigenvalue weighted by Crippen LogP contribution is -2.33. The highest BCUT2D eigenvalue weighted by molar-refractivity contribution is 7.99. The molecule has 2 N–H and O–H groups in total. The largest absolute Gasteiger partial charge is 0.353 e. The minimum atomic E-state index is -0.0945. The predicted octanol–water partition coefficient (Wildman–Crippen LogP) is 2.62. The number of rotatable bonds is 6. The van der Waals surface area contributed by atoms with Gasteiger partial charge in [-0.15, -0.1) is 0 Å². The van der Waals surface area contributed by atoms with Gasteiger partial charge in [-0.2, -0.15) is 0 Å². The predicted molar refractivity (Wildman–Crippen MR) is 94.1 cm³/mol. The molecule has 1 unspecified atom stereocenters. The first kappa shape index (κ1) is 17.6. The Morgan fingerprint density at radius 3 is 2.74 bits per heavy atom. The van der Waals surface area contributed by atoms with Gasteiger partial charge in [0, 0.05) is 17.8 Å². The van der Waals surface area contributed by atoms with Gasteiger partial charge in [0.05, 0.1) is 11.3 Å². The fourth-order valence-corrected chi connectivity index (χ4v) is 3.24. The summed E-state index contributed by atoms with van der Waals surface area (Å²) in [6, 6.07) is 1.98. The van der Waals surface area contributed by atoms with Crippen molar-refractivity contribution in [1.29, 1.82) is 0 Å². The molecule has 0 radical (unpaired) electrons. The molecule has 2 aromatic rings. The van der Waals surface area contributed by atoms with Crippen molar-refractivity contribution >= 4 is 28.7 Å². The van der Waals surface area contributed by atoms with E-state index in [1.165, 1.54) is 11.8 Å². The van der Waals surface area contributed by atoms with E-state index < -0.39 is 0 Å². The third kappa shape index (κ3) is 3.96. The van der Waals surface area contributed by atoms with Crippen molar-refractivity contribution in [3.8, 4) is 0 Å². The number of hydrogen-bond donors (Lipinski definition) is 2. The molecule has 7 heteroatoms. The normalized spacial score (nSPS) is 12.8. The monoisotopic (exact) mass is 336 g/mol. The first-order chi connectivity index (χ1) is 10.8. The van der Waals surface area contributed by atoms with Crippen molar-refractivity contribution in [3.63, 3.8) is 0 Å². The quantitative estimate of drug-likeness (QED) is 0.628. The number of amides is 1. The van der Waals surface area contributed by atoms with Crippen molar-refractivity contribution in [1.82, 2.24) is 19.9 Å². The van der Waals surface area contributed by atoms with Crippen LogP contribution in [-0.4, -0.2) is 32.2 Å². The Labute approximate surface area is 140 Å². The fourth-order valence-electron chi connectivity index (χ4n) is 2.30. The average molecular weight is 336 g/mol. The second kappa shape index (κ2) is 7.21. The molecule has 23 heavy (non-hydrogen) atoms. The standard InChI is InChI=1S/C16H24N4O2S/c1-6-10(4)17-13(21)8-23-16-19-12-7-11(5)18-14(12)15(22)20(16)9(2)3/h7,9-10,18H,6,8H2,1-5H3,(H,17,21). The lowest BCUT2D eigenvalue weighted by Gasteiger charge is -2.15. The molecule has 0 spiro atoms. The van der Waals surface area contributed by atoms with Crippen molar-refractivity contribution in [2.24, 2.45) is 0 Å². The zero-order valence-corrected chi connectivity index (χ0v) is 15.1. The molecule has 1 atom stereocenters. The van der Waals surface area contributed by atoms with Crippen LogP contribution in [-0.2, 0) is 4.79 Å². The van der Waals surface area contributed by atoms with E-state index in [4.69, 9.17) is 0 Å². The zero-order chi connectivity index (χ0) is 17.1. The van der Waals surface area contributed by atoms with Crippen molar-refractivity contribution in [3.05, 3.63) is 22.1 Å². The molecule has 126 valence electrons. The summed E-state index contributed by atoms with van der Waals surface area (Å²) in [5.74, 6) is 0.206. The van der Waals surface area contributed by atoms with Gasteiger partial charge in [0.15, 0.2) is 5.16 Å². The van der Waals surface area contributed by atoms with Crippen molar-refractivity contribution < 1.29 is 4.79 Å². The molecule has 0 aliphatic heterocycles. The summed E-state index contributed by atoms with van der Waals surface area (Å²) in [5.41, 5.74) is 1.97. The Morgan fingerprint density at radius 2 is 2.13 bits per heavy atom. The fraction of sp³-hybridized carbons (Fsp3) is 0.562. The highest BCUT2D eigenvalue weighted by Crippen LogP contribution is 2.21. The van der Waals surface area contributed by atoms with E-state index in [0.29, 0.717) is 16.2 Å². The first-order valence-electron chi connectivity index (χ1n) is 7.87. The minimum Gasteiger partial charge on any atom is -0.353 e. The van der Waals surface area contributed by atoms with Crippen LogP contribution in [0.2, 0.25) is 0 Å². The summed E-state index contributed by atoms with van der Waals surface area (Å²) >= 11 is 1.30. The molecule has 1 amide bonds. The molecule has 2 aromatic heterocycles. The van der Waals surface area contributed by atoms with E-state index in [9.17, 15) is 9.59 Å². The Bertz CT molecular complexity index is 763. The van der Waals surface area contributed by atoms with Crippen LogP contribution in [0.25, 0.3) is 11.0 Å². The van der Waals surface area contributed by atoms with Crippen LogP contribution in [0.5, 0.6) is 0 Å². The van der Waals surface area contributed by atoms with Gasteiger partial charge in [-0.1, -0.05) is 18.7 Å². The lowest BCUT2D eigenvalue weighted by atomic mass is 10.3. The number of carbonyl (C=O) groups is 1. The first-order valence-corrected chi connectivity index (χ1v) is 8.86. The third-order valence-corrected chi connectivity index (χ3v) is 4.61. The van der Waals surface area contributed by atoms with E-state index in [0.717, 1.165) is 12.1 Å². The molecule has 0 fully saturated rings. The summed E-state index contributed by atoms with van der Waals surface area (Å²) < 4.78 is 1.64. The zero-order valence-electron chi connectivity index (χ0n) is 14.3. The number of nitrogens with one attached hydrogen (secondary N) is 2. The summed E-state index contributed by atoms with van der Waals surface area (Å²) in [6.45, 7) is 9.77.